The van der Waals surface area contributed by atoms with Gasteiger partial charge in [0.25, 0.3) is 5.78 Å². The minimum absolute atomic E-state index is 0.104. The molecule has 0 saturated carbocycles. The Labute approximate surface area is 216 Å². The number of fused-ring (bicyclic) bond motifs is 1. The lowest BCUT2D eigenvalue weighted by atomic mass is 9.95. The first-order chi connectivity index (χ1) is 17.8. The van der Waals surface area contributed by atoms with Crippen molar-refractivity contribution in [1.29, 1.82) is 0 Å². The van der Waals surface area contributed by atoms with Gasteiger partial charge in [0.05, 0.1) is 28.8 Å². The third kappa shape index (κ3) is 4.33. The van der Waals surface area contributed by atoms with E-state index in [1.807, 2.05) is 6.92 Å². The summed E-state index contributed by atoms with van der Waals surface area (Å²) in [5.41, 5.74) is 1.20. The van der Waals surface area contributed by atoms with E-state index in [1.54, 1.807) is 49.4 Å². The maximum absolute atomic E-state index is 13.4. The molecule has 2 aromatic carbocycles. The number of aromatic nitrogens is 1. The molecule has 1 unspecified atom stereocenters. The number of hydrogen-bond acceptors (Lipinski definition) is 9. The fraction of sp³-hybridized carbons (Fsp3) is 0.259. The molecule has 1 fully saturated rings. The second-order valence-electron chi connectivity index (χ2n) is 8.50. The van der Waals surface area contributed by atoms with Gasteiger partial charge in [-0.2, -0.15) is 0 Å². The summed E-state index contributed by atoms with van der Waals surface area (Å²) < 4.78 is 16.8. The topological polar surface area (TPSA) is 115 Å². The highest BCUT2D eigenvalue weighted by atomic mass is 32.1. The van der Waals surface area contributed by atoms with Crippen molar-refractivity contribution in [2.75, 3.05) is 24.7 Å². The van der Waals surface area contributed by atoms with E-state index < -0.39 is 17.7 Å². The largest absolute Gasteiger partial charge is 0.507 e. The van der Waals surface area contributed by atoms with Gasteiger partial charge < -0.3 is 19.3 Å². The number of benzene rings is 2. The summed E-state index contributed by atoms with van der Waals surface area (Å²) >= 11 is 1.03. The van der Waals surface area contributed by atoms with E-state index in [-0.39, 0.29) is 22.2 Å². The van der Waals surface area contributed by atoms with Crippen molar-refractivity contribution in [3.05, 3.63) is 69.7 Å². The van der Waals surface area contributed by atoms with Crippen LogP contribution in [0, 0.1) is 6.92 Å². The quantitative estimate of drug-likeness (QED) is 0.219. The first kappa shape index (κ1) is 24.5. The summed E-state index contributed by atoms with van der Waals surface area (Å²) in [7, 11) is 0. The van der Waals surface area contributed by atoms with Crippen LogP contribution < -0.4 is 19.1 Å². The lowest BCUT2D eigenvalue weighted by Crippen LogP contribution is -2.29. The Morgan fingerprint density at radius 1 is 1.16 bits per heavy atom. The van der Waals surface area contributed by atoms with Crippen LogP contribution in [0.25, 0.3) is 5.76 Å². The Kier molecular flexibility index (Phi) is 6.43. The van der Waals surface area contributed by atoms with E-state index in [9.17, 15) is 19.5 Å². The minimum atomic E-state index is -1.00. The van der Waals surface area contributed by atoms with E-state index in [2.05, 4.69) is 4.98 Å². The van der Waals surface area contributed by atoms with E-state index in [0.717, 1.165) is 11.3 Å². The molecule has 5 rings (SSSR count). The smallest absolute Gasteiger partial charge is 0.301 e. The molecule has 1 aromatic heterocycles. The molecule has 3 heterocycles. The van der Waals surface area contributed by atoms with E-state index in [1.165, 1.54) is 11.8 Å². The number of aliphatic hydroxyl groups excluding tert-OH is 1. The molecular weight excluding hydrogens is 496 g/mol. The zero-order chi connectivity index (χ0) is 26.3. The van der Waals surface area contributed by atoms with Gasteiger partial charge in [-0.3, -0.25) is 19.3 Å². The summed E-state index contributed by atoms with van der Waals surface area (Å²) in [5, 5.41) is 11.6. The molecule has 1 saturated heterocycles. The lowest BCUT2D eigenvalue weighted by molar-refractivity contribution is -0.132. The van der Waals surface area contributed by atoms with Gasteiger partial charge in [-0.15, -0.1) is 0 Å². The number of amides is 1. The number of rotatable bonds is 6. The van der Waals surface area contributed by atoms with Crippen molar-refractivity contribution in [1.82, 2.24) is 4.98 Å². The molecule has 2 aliphatic rings. The Hall–Kier alpha value is -4.18. The average molecular weight is 521 g/mol. The number of ketones is 2. The van der Waals surface area contributed by atoms with E-state index in [4.69, 9.17) is 14.2 Å². The number of carbonyl (C=O) groups is 3. The Morgan fingerprint density at radius 3 is 2.62 bits per heavy atom. The van der Waals surface area contributed by atoms with Crippen LogP contribution in [0.5, 0.6) is 17.2 Å². The molecule has 0 radical (unpaired) electrons. The molecule has 1 atom stereocenters. The molecule has 10 heteroatoms. The van der Waals surface area contributed by atoms with Crippen LogP contribution in [0.15, 0.2) is 48.0 Å². The van der Waals surface area contributed by atoms with Crippen molar-refractivity contribution >= 4 is 39.7 Å². The van der Waals surface area contributed by atoms with Gasteiger partial charge in [-0.25, -0.2) is 4.98 Å². The van der Waals surface area contributed by atoms with Crippen LogP contribution in [-0.4, -0.2) is 47.4 Å². The summed E-state index contributed by atoms with van der Waals surface area (Å²) in [5.74, 6) is -0.759. The predicted molar refractivity (Wildman–Crippen MR) is 137 cm³/mol. The minimum Gasteiger partial charge on any atom is -0.507 e. The highest BCUT2D eigenvalue weighted by molar-refractivity contribution is 7.18. The van der Waals surface area contributed by atoms with Gasteiger partial charge in [0, 0.05) is 12.5 Å². The third-order valence-corrected chi connectivity index (χ3v) is 7.31. The van der Waals surface area contributed by atoms with E-state index in [0.29, 0.717) is 58.8 Å². The molecule has 190 valence electrons. The monoisotopic (exact) mass is 520 g/mol. The second kappa shape index (κ2) is 9.70. The predicted octanol–water partition coefficient (Wildman–Crippen LogP) is 4.45. The standard InChI is InChI=1S/C27H24N2O7S/c1-4-34-18-7-5-6-16(12-18)22-21(23(31)17-8-9-19-20(13-17)36-11-10-35-19)24(32)26(33)29(22)27-28-14(2)25(37-27)15(3)30/h5-9,12-13,22,31H,4,10-11H2,1-3H3/b23-21-. The fourth-order valence-electron chi connectivity index (χ4n) is 4.44. The van der Waals surface area contributed by atoms with E-state index >= 15 is 0 Å². The molecule has 0 spiro atoms. The van der Waals surface area contributed by atoms with Crippen LogP contribution in [0.2, 0.25) is 0 Å². The molecule has 1 N–H and O–H groups in total. The van der Waals surface area contributed by atoms with Crippen LogP contribution in [0.3, 0.4) is 0 Å². The SMILES string of the molecule is CCOc1cccc(C2/C(=C(/O)c3ccc4c(c3)OCCO4)C(=O)C(=O)N2c2nc(C)c(C(C)=O)s2)c1. The van der Waals surface area contributed by atoms with Crippen molar-refractivity contribution < 1.29 is 33.7 Å². The van der Waals surface area contributed by atoms with Crippen LogP contribution in [0.1, 0.15) is 46.4 Å². The van der Waals surface area contributed by atoms with Crippen molar-refractivity contribution in [3.8, 4) is 17.2 Å². The molecule has 9 nitrogen and oxygen atoms in total. The van der Waals surface area contributed by atoms with Crippen molar-refractivity contribution in [2.24, 2.45) is 0 Å². The summed E-state index contributed by atoms with van der Waals surface area (Å²) in [6.45, 7) is 6.14. The van der Waals surface area contributed by atoms with Gasteiger partial charge in [-0.05, 0) is 49.7 Å². The number of ether oxygens (including phenoxy) is 3. The van der Waals surface area contributed by atoms with Gasteiger partial charge >= 0.3 is 5.91 Å². The number of nitrogens with zero attached hydrogens (tertiary/aromatic N) is 2. The summed E-state index contributed by atoms with van der Waals surface area (Å²) in [4.78, 5) is 45.0. The first-order valence-electron chi connectivity index (χ1n) is 11.7. The van der Waals surface area contributed by atoms with Crippen molar-refractivity contribution in [2.45, 2.75) is 26.8 Å². The number of thiazole rings is 1. The van der Waals surface area contributed by atoms with Gasteiger partial charge in [0.15, 0.2) is 22.4 Å². The maximum atomic E-state index is 13.4. The molecular formula is C27H24N2O7S. The number of carbonyl (C=O) groups excluding carboxylic acids is 3. The Morgan fingerprint density at radius 2 is 1.92 bits per heavy atom. The van der Waals surface area contributed by atoms with Crippen LogP contribution >= 0.6 is 11.3 Å². The normalized spacial score (nSPS) is 18.2. The Balaban J connectivity index is 1.70. The number of Topliss-reactive ketones (excluding diaryl/α,β-unsaturated/α-hetero) is 2. The van der Waals surface area contributed by atoms with Crippen LogP contribution in [-0.2, 0) is 9.59 Å². The summed E-state index contributed by atoms with van der Waals surface area (Å²) in [6.07, 6.45) is 0. The Bertz CT molecular complexity index is 1460. The fourth-order valence-corrected chi connectivity index (χ4v) is 5.43. The van der Waals surface area contributed by atoms with Crippen molar-refractivity contribution in [3.63, 3.8) is 0 Å². The highest BCUT2D eigenvalue weighted by Gasteiger charge is 2.48. The number of hydrogen-bond donors (Lipinski definition) is 1. The number of aryl methyl sites for hydroxylation is 1. The second-order valence-corrected chi connectivity index (χ2v) is 9.48. The molecule has 3 aromatic rings. The summed E-state index contributed by atoms with van der Waals surface area (Å²) in [6, 6.07) is 10.8. The number of aliphatic hydroxyl groups is 1. The van der Waals surface area contributed by atoms with Gasteiger partial charge in [0.2, 0.25) is 0 Å². The van der Waals surface area contributed by atoms with Crippen LogP contribution in [0.4, 0.5) is 5.13 Å². The zero-order valence-electron chi connectivity index (χ0n) is 20.4. The molecule has 1 amide bonds. The first-order valence-corrected chi connectivity index (χ1v) is 12.5. The lowest BCUT2D eigenvalue weighted by Gasteiger charge is -2.23. The third-order valence-electron chi connectivity index (χ3n) is 6.06. The van der Waals surface area contributed by atoms with Gasteiger partial charge in [-0.1, -0.05) is 23.5 Å². The highest BCUT2D eigenvalue weighted by Crippen LogP contribution is 2.45. The molecule has 0 aliphatic carbocycles. The molecule has 2 aliphatic heterocycles. The molecule has 0 bridgehead atoms. The maximum Gasteiger partial charge on any atom is 0.301 e. The van der Waals surface area contributed by atoms with Gasteiger partial charge in [0.1, 0.15) is 24.7 Å². The average Bonchev–Trinajstić information content (AvgIpc) is 3.40. The number of anilines is 1. The zero-order valence-corrected chi connectivity index (χ0v) is 21.3. The molecule has 37 heavy (non-hydrogen) atoms.